The summed E-state index contributed by atoms with van der Waals surface area (Å²) in [7, 11) is 1.43. The smallest absolute Gasteiger partial charge is 0.320 e. The van der Waals surface area contributed by atoms with Crippen molar-refractivity contribution in [3.05, 3.63) is 58.3 Å². The number of benzene rings is 1. The first kappa shape index (κ1) is 11.9. The first-order valence-corrected chi connectivity index (χ1v) is 6.30. The topological polar surface area (TPSA) is 26.3 Å². The molecule has 2 nitrogen and oxygen atoms in total. The Morgan fingerprint density at radius 2 is 1.88 bits per heavy atom. The Labute approximate surface area is 105 Å². The number of ether oxygens (including phenoxy) is 1. The Hall–Kier alpha value is -1.61. The fourth-order valence-corrected chi connectivity index (χ4v) is 2.69. The Bertz CT molecular complexity index is 490. The lowest BCUT2D eigenvalue weighted by atomic mass is 9.77. The molecule has 2 rings (SSSR count). The van der Waals surface area contributed by atoms with E-state index in [0.29, 0.717) is 0 Å². The van der Waals surface area contributed by atoms with Gasteiger partial charge in [0, 0.05) is 0 Å². The average molecular weight is 246 g/mol. The molecule has 0 amide bonds. The summed E-state index contributed by atoms with van der Waals surface area (Å²) in [5.74, 6) is -0.234. The fraction of sp³-hybridized carbons (Fsp3) is 0.214. The second-order valence-corrected chi connectivity index (χ2v) is 4.77. The molecule has 1 atom stereocenters. The molecule has 3 heteroatoms. The van der Waals surface area contributed by atoms with E-state index in [4.69, 9.17) is 4.74 Å². The lowest BCUT2D eigenvalue weighted by Crippen LogP contribution is -2.34. The number of carbonyl (C=O) groups excluding carboxylic acids is 1. The number of hydrogen-bond donors (Lipinski definition) is 0. The van der Waals surface area contributed by atoms with Crippen LogP contribution in [0.3, 0.4) is 0 Å². The highest BCUT2D eigenvalue weighted by atomic mass is 32.1. The Morgan fingerprint density at radius 1 is 1.18 bits per heavy atom. The standard InChI is InChI=1S/C14H14O2S/c1-14(13(15)16-2,12-8-9-17-10-12)11-6-4-3-5-7-11/h3-10H,1-2H3. The summed E-state index contributed by atoms with van der Waals surface area (Å²) >= 11 is 1.58. The molecule has 0 bridgehead atoms. The van der Waals surface area contributed by atoms with Crippen molar-refractivity contribution >= 4 is 17.3 Å². The van der Waals surface area contributed by atoms with Crippen LogP contribution < -0.4 is 0 Å². The van der Waals surface area contributed by atoms with Crippen LogP contribution in [0.2, 0.25) is 0 Å². The molecule has 1 aromatic carbocycles. The summed E-state index contributed by atoms with van der Waals surface area (Å²) in [6.45, 7) is 1.90. The van der Waals surface area contributed by atoms with Gasteiger partial charge in [0.15, 0.2) is 0 Å². The normalized spacial score (nSPS) is 14.0. The van der Waals surface area contributed by atoms with Gasteiger partial charge in [-0.1, -0.05) is 30.3 Å². The zero-order chi connectivity index (χ0) is 12.3. The van der Waals surface area contributed by atoms with Crippen LogP contribution in [0.5, 0.6) is 0 Å². The van der Waals surface area contributed by atoms with E-state index >= 15 is 0 Å². The predicted molar refractivity (Wildman–Crippen MR) is 69.2 cm³/mol. The highest BCUT2D eigenvalue weighted by Gasteiger charge is 2.38. The van der Waals surface area contributed by atoms with Crippen molar-refractivity contribution < 1.29 is 9.53 Å². The molecule has 0 fully saturated rings. The average Bonchev–Trinajstić information content (AvgIpc) is 2.92. The summed E-state index contributed by atoms with van der Waals surface area (Å²) in [4.78, 5) is 12.1. The number of esters is 1. The van der Waals surface area contributed by atoms with Crippen molar-refractivity contribution in [1.29, 1.82) is 0 Å². The summed E-state index contributed by atoms with van der Waals surface area (Å²) in [5.41, 5.74) is 1.20. The number of hydrogen-bond acceptors (Lipinski definition) is 3. The van der Waals surface area contributed by atoms with Crippen molar-refractivity contribution in [2.24, 2.45) is 0 Å². The minimum Gasteiger partial charge on any atom is -0.468 e. The molecule has 0 aliphatic heterocycles. The monoisotopic (exact) mass is 246 g/mol. The highest BCUT2D eigenvalue weighted by molar-refractivity contribution is 7.08. The second kappa shape index (κ2) is 4.72. The van der Waals surface area contributed by atoms with Crippen molar-refractivity contribution in [1.82, 2.24) is 0 Å². The van der Waals surface area contributed by atoms with E-state index in [1.807, 2.05) is 54.1 Å². The molecule has 1 unspecified atom stereocenters. The zero-order valence-corrected chi connectivity index (χ0v) is 10.7. The van der Waals surface area contributed by atoms with Gasteiger partial charge >= 0.3 is 5.97 Å². The molecule has 0 saturated heterocycles. The third-order valence-corrected chi connectivity index (χ3v) is 3.73. The maximum Gasteiger partial charge on any atom is 0.320 e. The lowest BCUT2D eigenvalue weighted by Gasteiger charge is -2.26. The van der Waals surface area contributed by atoms with Gasteiger partial charge in [0.2, 0.25) is 0 Å². The number of thiophene rings is 1. The molecular weight excluding hydrogens is 232 g/mol. The van der Waals surface area contributed by atoms with Crippen molar-refractivity contribution in [2.75, 3.05) is 7.11 Å². The summed E-state index contributed by atoms with van der Waals surface area (Å²) in [6, 6.07) is 11.7. The molecule has 0 radical (unpaired) electrons. The Balaban J connectivity index is 2.56. The van der Waals surface area contributed by atoms with Crippen LogP contribution in [0.4, 0.5) is 0 Å². The van der Waals surface area contributed by atoms with Crippen LogP contribution in [0.1, 0.15) is 18.1 Å². The quantitative estimate of drug-likeness (QED) is 0.777. The van der Waals surface area contributed by atoms with Crippen molar-refractivity contribution in [3.63, 3.8) is 0 Å². The van der Waals surface area contributed by atoms with Crippen LogP contribution in [0.25, 0.3) is 0 Å². The van der Waals surface area contributed by atoms with Gasteiger partial charge in [-0.25, -0.2) is 0 Å². The van der Waals surface area contributed by atoms with E-state index in [9.17, 15) is 4.79 Å². The van der Waals surface area contributed by atoms with Gasteiger partial charge in [0.1, 0.15) is 5.41 Å². The highest BCUT2D eigenvalue weighted by Crippen LogP contribution is 2.34. The molecule has 0 aliphatic carbocycles. The van der Waals surface area contributed by atoms with E-state index < -0.39 is 5.41 Å². The number of carbonyl (C=O) groups is 1. The van der Waals surface area contributed by atoms with Crippen LogP contribution in [-0.4, -0.2) is 13.1 Å². The minimum absolute atomic E-state index is 0.234. The number of methoxy groups -OCH3 is 1. The van der Waals surface area contributed by atoms with E-state index in [1.54, 1.807) is 11.3 Å². The predicted octanol–water partition coefficient (Wildman–Crippen LogP) is 3.23. The molecule has 1 aromatic heterocycles. The molecule has 17 heavy (non-hydrogen) atoms. The molecule has 88 valence electrons. The third kappa shape index (κ3) is 1.98. The Kier molecular flexibility index (Phi) is 3.29. The lowest BCUT2D eigenvalue weighted by molar-refractivity contribution is -0.145. The largest absolute Gasteiger partial charge is 0.468 e. The van der Waals surface area contributed by atoms with E-state index in [2.05, 4.69) is 0 Å². The van der Waals surface area contributed by atoms with Gasteiger partial charge in [-0.05, 0) is 34.9 Å². The SMILES string of the molecule is COC(=O)C(C)(c1ccccc1)c1ccsc1. The first-order valence-electron chi connectivity index (χ1n) is 5.36. The number of rotatable bonds is 3. The van der Waals surface area contributed by atoms with Gasteiger partial charge in [0.05, 0.1) is 7.11 Å². The maximum atomic E-state index is 12.1. The summed E-state index contributed by atoms with van der Waals surface area (Å²) < 4.78 is 4.96. The van der Waals surface area contributed by atoms with E-state index in [1.165, 1.54) is 7.11 Å². The fourth-order valence-electron chi connectivity index (χ4n) is 1.93. The van der Waals surface area contributed by atoms with Crippen LogP contribution in [-0.2, 0) is 14.9 Å². The first-order chi connectivity index (χ1) is 8.19. The van der Waals surface area contributed by atoms with Crippen LogP contribution >= 0.6 is 11.3 Å². The van der Waals surface area contributed by atoms with Crippen molar-refractivity contribution in [3.8, 4) is 0 Å². The van der Waals surface area contributed by atoms with Crippen LogP contribution in [0, 0.1) is 0 Å². The summed E-state index contributed by atoms with van der Waals surface area (Å²) in [5, 5.41) is 3.96. The maximum absolute atomic E-state index is 12.1. The molecule has 1 heterocycles. The third-order valence-electron chi connectivity index (χ3n) is 3.04. The van der Waals surface area contributed by atoms with Gasteiger partial charge < -0.3 is 4.74 Å². The Morgan fingerprint density at radius 3 is 2.41 bits per heavy atom. The van der Waals surface area contributed by atoms with Gasteiger partial charge in [-0.15, -0.1) is 0 Å². The molecule has 0 saturated carbocycles. The summed E-state index contributed by atoms with van der Waals surface area (Å²) in [6.07, 6.45) is 0. The van der Waals surface area contributed by atoms with Gasteiger partial charge in [0.25, 0.3) is 0 Å². The van der Waals surface area contributed by atoms with Crippen LogP contribution in [0.15, 0.2) is 47.2 Å². The molecule has 2 aromatic rings. The van der Waals surface area contributed by atoms with Crippen molar-refractivity contribution in [2.45, 2.75) is 12.3 Å². The van der Waals surface area contributed by atoms with Gasteiger partial charge in [-0.2, -0.15) is 11.3 Å². The molecule has 0 spiro atoms. The second-order valence-electron chi connectivity index (χ2n) is 3.99. The van der Waals surface area contributed by atoms with Gasteiger partial charge in [-0.3, -0.25) is 4.79 Å². The molecular formula is C14H14O2S. The molecule has 0 aliphatic rings. The van der Waals surface area contributed by atoms with E-state index in [0.717, 1.165) is 11.1 Å². The molecule has 0 N–H and O–H groups in total. The zero-order valence-electron chi connectivity index (χ0n) is 9.84. The van der Waals surface area contributed by atoms with E-state index in [-0.39, 0.29) is 5.97 Å². The minimum atomic E-state index is -0.726.